The number of hydrogen-bond donors (Lipinski definition) is 2. The van der Waals surface area contributed by atoms with Crippen molar-refractivity contribution in [2.75, 3.05) is 26.2 Å². The third kappa shape index (κ3) is 7.48. The summed E-state index contributed by atoms with van der Waals surface area (Å²) in [4.78, 5) is 21.7. The van der Waals surface area contributed by atoms with Crippen LogP contribution in [0.4, 0.5) is 5.69 Å². The zero-order valence-electron chi connectivity index (χ0n) is 11.8. The van der Waals surface area contributed by atoms with Gasteiger partial charge < -0.3 is 15.4 Å². The van der Waals surface area contributed by atoms with E-state index >= 15 is 0 Å². The van der Waals surface area contributed by atoms with Gasteiger partial charge in [0.05, 0.1) is 18.0 Å². The van der Waals surface area contributed by atoms with E-state index in [0.717, 1.165) is 6.54 Å². The van der Waals surface area contributed by atoms with Crippen molar-refractivity contribution in [1.29, 1.82) is 0 Å². The predicted molar refractivity (Wildman–Crippen MR) is 82.0 cm³/mol. The topological polar surface area (TPSA) is 93.5 Å². The molecule has 0 heterocycles. The van der Waals surface area contributed by atoms with Gasteiger partial charge in [-0.05, 0) is 12.6 Å². The Morgan fingerprint density at radius 2 is 2.05 bits per heavy atom. The van der Waals surface area contributed by atoms with Crippen LogP contribution in [0.15, 0.2) is 24.3 Å². The summed E-state index contributed by atoms with van der Waals surface area (Å²) in [7, 11) is 0. The molecule has 1 aromatic rings. The first-order chi connectivity index (χ1) is 9.65. The van der Waals surface area contributed by atoms with Gasteiger partial charge in [0.25, 0.3) is 0 Å². The molecule has 21 heavy (non-hydrogen) atoms. The molecule has 0 aliphatic rings. The van der Waals surface area contributed by atoms with E-state index in [-0.39, 0.29) is 42.8 Å². The van der Waals surface area contributed by atoms with Crippen LogP contribution in [0.5, 0.6) is 5.75 Å². The minimum atomic E-state index is -0.508. The van der Waals surface area contributed by atoms with Crippen LogP contribution < -0.4 is 15.4 Å². The van der Waals surface area contributed by atoms with Crippen LogP contribution in [0, 0.1) is 10.1 Å². The summed E-state index contributed by atoms with van der Waals surface area (Å²) in [6.45, 7) is 4.22. The minimum Gasteiger partial charge on any atom is -0.486 e. The van der Waals surface area contributed by atoms with Crippen LogP contribution in [0.25, 0.3) is 0 Å². The first kappa shape index (κ1) is 19.1. The largest absolute Gasteiger partial charge is 0.486 e. The van der Waals surface area contributed by atoms with E-state index < -0.39 is 4.92 Å². The van der Waals surface area contributed by atoms with Gasteiger partial charge in [-0.2, -0.15) is 0 Å². The Morgan fingerprint density at radius 1 is 1.33 bits per heavy atom. The monoisotopic (exact) mass is 317 g/mol. The minimum absolute atomic E-state index is 0. The van der Waals surface area contributed by atoms with Crippen molar-refractivity contribution < 1.29 is 14.5 Å². The number of nitro groups is 1. The Morgan fingerprint density at radius 3 is 2.71 bits per heavy atom. The molecule has 0 atom stereocenters. The molecule has 0 saturated carbocycles. The molecule has 0 aliphatic carbocycles. The van der Waals surface area contributed by atoms with Crippen molar-refractivity contribution in [3.8, 4) is 5.75 Å². The zero-order valence-corrected chi connectivity index (χ0v) is 12.6. The number of benzene rings is 1. The Bertz CT molecular complexity index is 457. The molecular formula is C13H20ClN3O4. The van der Waals surface area contributed by atoms with Gasteiger partial charge >= 0.3 is 5.69 Å². The van der Waals surface area contributed by atoms with Gasteiger partial charge in [-0.15, -0.1) is 12.4 Å². The summed E-state index contributed by atoms with van der Waals surface area (Å²) in [6, 6.07) is 6.10. The summed E-state index contributed by atoms with van der Waals surface area (Å²) in [5, 5.41) is 16.6. The Balaban J connectivity index is 0.00000400. The van der Waals surface area contributed by atoms with Crippen LogP contribution in [-0.4, -0.2) is 37.1 Å². The fourth-order valence-electron chi connectivity index (χ4n) is 1.54. The highest BCUT2D eigenvalue weighted by Crippen LogP contribution is 2.25. The number of para-hydroxylation sites is 2. The van der Waals surface area contributed by atoms with E-state index in [0.29, 0.717) is 13.1 Å². The zero-order chi connectivity index (χ0) is 14.8. The Hall–Kier alpha value is -1.86. The van der Waals surface area contributed by atoms with Crippen molar-refractivity contribution in [1.82, 2.24) is 10.6 Å². The lowest BCUT2D eigenvalue weighted by Crippen LogP contribution is -2.32. The van der Waals surface area contributed by atoms with Crippen LogP contribution in [0.2, 0.25) is 0 Å². The van der Waals surface area contributed by atoms with Crippen LogP contribution >= 0.6 is 12.4 Å². The maximum atomic E-state index is 11.5. The maximum absolute atomic E-state index is 11.5. The summed E-state index contributed by atoms with van der Waals surface area (Å²) >= 11 is 0. The van der Waals surface area contributed by atoms with Crippen molar-refractivity contribution in [2.45, 2.75) is 13.3 Å². The Labute approximate surface area is 129 Å². The second-order valence-corrected chi connectivity index (χ2v) is 4.03. The van der Waals surface area contributed by atoms with Crippen molar-refractivity contribution >= 4 is 24.0 Å². The summed E-state index contributed by atoms with van der Waals surface area (Å²) in [5.74, 6) is 0.0411. The molecule has 1 amide bonds. The van der Waals surface area contributed by atoms with Gasteiger partial charge in [0.1, 0.15) is 0 Å². The average Bonchev–Trinajstić information content (AvgIpc) is 2.44. The fraction of sp³-hybridized carbons (Fsp3) is 0.462. The SMILES string of the molecule is CCNCCNC(=O)CCOc1ccccc1[N+](=O)[O-].Cl. The lowest BCUT2D eigenvalue weighted by atomic mass is 10.3. The van der Waals surface area contributed by atoms with Crippen molar-refractivity contribution in [3.05, 3.63) is 34.4 Å². The third-order valence-corrected chi connectivity index (χ3v) is 2.52. The van der Waals surface area contributed by atoms with Crippen LogP contribution in [0.3, 0.4) is 0 Å². The number of carbonyl (C=O) groups is 1. The number of nitrogens with one attached hydrogen (secondary N) is 2. The first-order valence-corrected chi connectivity index (χ1v) is 6.48. The molecule has 8 heteroatoms. The predicted octanol–water partition coefficient (Wildman–Crippen LogP) is 1.51. The van der Waals surface area contributed by atoms with Crippen molar-refractivity contribution in [2.24, 2.45) is 0 Å². The van der Waals surface area contributed by atoms with Crippen molar-refractivity contribution in [3.63, 3.8) is 0 Å². The second kappa shape index (κ2) is 10.9. The number of nitrogens with zero attached hydrogens (tertiary/aromatic N) is 1. The van der Waals surface area contributed by atoms with E-state index in [2.05, 4.69) is 10.6 Å². The summed E-state index contributed by atoms with van der Waals surface area (Å²) in [5.41, 5.74) is -0.0972. The van der Waals surface area contributed by atoms with Gasteiger partial charge in [-0.25, -0.2) is 0 Å². The number of amides is 1. The average molecular weight is 318 g/mol. The molecule has 2 N–H and O–H groups in total. The van der Waals surface area contributed by atoms with Gasteiger partial charge in [0.15, 0.2) is 5.75 Å². The molecule has 1 aromatic carbocycles. The molecule has 0 bridgehead atoms. The third-order valence-electron chi connectivity index (χ3n) is 2.52. The molecule has 0 aromatic heterocycles. The fourth-order valence-corrected chi connectivity index (χ4v) is 1.54. The highest BCUT2D eigenvalue weighted by molar-refractivity contribution is 5.85. The molecular weight excluding hydrogens is 298 g/mol. The standard InChI is InChI=1S/C13H19N3O4.ClH/c1-2-14-8-9-15-13(17)7-10-20-12-6-4-3-5-11(12)16(18)19;/h3-6,14H,2,7-10H2,1H3,(H,15,17);1H. The van der Waals surface area contributed by atoms with E-state index in [1.54, 1.807) is 12.1 Å². The molecule has 0 spiro atoms. The van der Waals surface area contributed by atoms with E-state index in [9.17, 15) is 14.9 Å². The molecule has 0 fully saturated rings. The molecule has 0 unspecified atom stereocenters. The summed E-state index contributed by atoms with van der Waals surface area (Å²) in [6.07, 6.45) is 0.165. The quantitative estimate of drug-likeness (QED) is 0.409. The number of halogens is 1. The molecule has 0 saturated heterocycles. The van der Waals surface area contributed by atoms with Gasteiger partial charge in [0.2, 0.25) is 5.91 Å². The molecule has 0 radical (unpaired) electrons. The highest BCUT2D eigenvalue weighted by Gasteiger charge is 2.13. The smallest absolute Gasteiger partial charge is 0.310 e. The van der Waals surface area contributed by atoms with Gasteiger partial charge in [-0.1, -0.05) is 19.1 Å². The number of carbonyl (C=O) groups excluding carboxylic acids is 1. The maximum Gasteiger partial charge on any atom is 0.310 e. The Kier molecular flexibility index (Phi) is 9.91. The van der Waals surface area contributed by atoms with E-state index in [4.69, 9.17) is 4.74 Å². The number of rotatable bonds is 9. The number of ether oxygens (including phenoxy) is 1. The molecule has 118 valence electrons. The van der Waals surface area contributed by atoms with Crippen LogP contribution in [0.1, 0.15) is 13.3 Å². The van der Waals surface area contributed by atoms with Crippen LogP contribution in [-0.2, 0) is 4.79 Å². The lowest BCUT2D eigenvalue weighted by molar-refractivity contribution is -0.385. The molecule has 7 nitrogen and oxygen atoms in total. The number of hydrogen-bond acceptors (Lipinski definition) is 5. The molecule has 1 rings (SSSR count). The van der Waals surface area contributed by atoms with E-state index in [1.165, 1.54) is 12.1 Å². The summed E-state index contributed by atoms with van der Waals surface area (Å²) < 4.78 is 5.28. The normalized spacial score (nSPS) is 9.57. The second-order valence-electron chi connectivity index (χ2n) is 4.03. The van der Waals surface area contributed by atoms with Gasteiger partial charge in [-0.3, -0.25) is 14.9 Å². The molecule has 0 aliphatic heterocycles. The van der Waals surface area contributed by atoms with Gasteiger partial charge in [0, 0.05) is 19.2 Å². The number of nitro benzene ring substituents is 1. The lowest BCUT2D eigenvalue weighted by Gasteiger charge is -2.07. The number of likely N-dealkylation sites (N-methyl/N-ethyl adjacent to an activating group) is 1. The highest BCUT2D eigenvalue weighted by atomic mass is 35.5. The first-order valence-electron chi connectivity index (χ1n) is 6.48. The van der Waals surface area contributed by atoms with E-state index in [1.807, 2.05) is 6.92 Å².